The van der Waals surface area contributed by atoms with Gasteiger partial charge in [-0.25, -0.2) is 0 Å². The molecule has 12 nitrogen and oxygen atoms in total. The summed E-state index contributed by atoms with van der Waals surface area (Å²) in [4.78, 5) is 62.9. The average Bonchev–Trinajstić information content (AvgIpc) is 3.21. The maximum Gasteiger partial charge on any atom is 0.243 e. The fourth-order valence-corrected chi connectivity index (χ4v) is 6.46. The summed E-state index contributed by atoms with van der Waals surface area (Å²) in [5.74, 6) is -2.32. The monoisotopic (exact) mass is 764 g/mol. The van der Waals surface area contributed by atoms with Crippen LogP contribution in [0.25, 0.3) is 0 Å². The molecule has 56 heavy (non-hydrogen) atoms. The lowest BCUT2D eigenvalue weighted by Gasteiger charge is -2.35. The van der Waals surface area contributed by atoms with Gasteiger partial charge in [0.05, 0.1) is 24.9 Å². The number of nitrogens with zero attached hydrogens (tertiary/aromatic N) is 2. The molecule has 4 rings (SSSR count). The molecule has 0 aliphatic carbocycles. The first-order valence-electron chi connectivity index (χ1n) is 19.4. The van der Waals surface area contributed by atoms with E-state index in [1.807, 2.05) is 88.4 Å². The molecule has 4 aromatic rings. The Balaban J connectivity index is 1.59. The molecule has 6 N–H and O–H groups in total. The fraction of sp³-hybridized carbons (Fsp3) is 0.409. The van der Waals surface area contributed by atoms with Crippen molar-refractivity contribution in [3.8, 4) is 0 Å². The normalized spacial score (nSPS) is 15.5. The molecule has 0 spiro atoms. The second-order valence-electron chi connectivity index (χ2n) is 14.4. The van der Waals surface area contributed by atoms with Crippen molar-refractivity contribution in [1.82, 2.24) is 31.2 Å². The van der Waals surface area contributed by atoms with E-state index >= 15 is 0 Å². The highest BCUT2D eigenvalue weighted by atomic mass is 16.3. The minimum Gasteiger partial charge on any atom is -0.388 e. The zero-order valence-corrected chi connectivity index (χ0v) is 32.7. The van der Waals surface area contributed by atoms with Gasteiger partial charge in [-0.15, -0.1) is 0 Å². The third-order valence-electron chi connectivity index (χ3n) is 10.2. The molecule has 2 aromatic heterocycles. The van der Waals surface area contributed by atoms with Crippen molar-refractivity contribution in [3.63, 3.8) is 0 Å². The van der Waals surface area contributed by atoms with Gasteiger partial charge in [0.1, 0.15) is 24.3 Å². The Morgan fingerprint density at radius 2 is 0.893 bits per heavy atom. The minimum absolute atomic E-state index is 0.0159. The van der Waals surface area contributed by atoms with E-state index in [-0.39, 0.29) is 49.3 Å². The fourth-order valence-electron chi connectivity index (χ4n) is 6.46. The number of hydrogen-bond acceptors (Lipinski definition) is 8. The lowest BCUT2D eigenvalue weighted by atomic mass is 9.89. The number of amides is 4. The molecule has 0 radical (unpaired) electrons. The first-order valence-corrected chi connectivity index (χ1v) is 19.4. The van der Waals surface area contributed by atoms with Gasteiger partial charge in [-0.3, -0.25) is 29.1 Å². The first-order chi connectivity index (χ1) is 27.0. The molecule has 0 aliphatic rings. The predicted octanol–water partition coefficient (Wildman–Crippen LogP) is 3.50. The quantitative estimate of drug-likeness (QED) is 0.0746. The lowest BCUT2D eigenvalue weighted by Crippen LogP contribution is -2.61. The van der Waals surface area contributed by atoms with Gasteiger partial charge in [-0.2, -0.15) is 0 Å². The Labute approximate surface area is 330 Å². The number of aromatic nitrogens is 2. The number of nitrogens with one attached hydrogen (secondary N) is 4. The van der Waals surface area contributed by atoms with Crippen LogP contribution in [0.1, 0.15) is 63.1 Å². The highest BCUT2D eigenvalue weighted by Gasteiger charge is 2.38. The number of pyridine rings is 2. The number of carbonyl (C=O) groups is 4. The maximum absolute atomic E-state index is 14.1. The van der Waals surface area contributed by atoms with E-state index in [1.165, 1.54) is 0 Å². The van der Waals surface area contributed by atoms with Crippen molar-refractivity contribution in [3.05, 3.63) is 132 Å². The van der Waals surface area contributed by atoms with Gasteiger partial charge in [-0.05, 0) is 60.1 Å². The van der Waals surface area contributed by atoms with Crippen LogP contribution >= 0.6 is 0 Å². The van der Waals surface area contributed by atoms with Crippen molar-refractivity contribution in [2.45, 2.75) is 103 Å². The molecule has 0 saturated heterocycles. The summed E-state index contributed by atoms with van der Waals surface area (Å²) in [5, 5.41) is 35.7. The van der Waals surface area contributed by atoms with E-state index in [2.05, 4.69) is 31.2 Å². The summed E-state index contributed by atoms with van der Waals surface area (Å²) >= 11 is 0. The van der Waals surface area contributed by atoms with Gasteiger partial charge in [0.25, 0.3) is 0 Å². The van der Waals surface area contributed by atoms with Crippen molar-refractivity contribution < 1.29 is 29.4 Å². The second-order valence-corrected chi connectivity index (χ2v) is 14.4. The molecule has 8 atom stereocenters. The largest absolute Gasteiger partial charge is 0.388 e. The number of rotatable bonds is 21. The summed E-state index contributed by atoms with van der Waals surface area (Å²) in [6, 6.07) is 25.1. The van der Waals surface area contributed by atoms with Crippen LogP contribution in [0.4, 0.5) is 0 Å². The molecule has 2 heterocycles. The Morgan fingerprint density at radius 3 is 1.21 bits per heavy atom. The summed E-state index contributed by atoms with van der Waals surface area (Å²) < 4.78 is 0. The molecule has 2 aromatic carbocycles. The topological polar surface area (TPSA) is 183 Å². The van der Waals surface area contributed by atoms with E-state index in [4.69, 9.17) is 0 Å². The molecule has 298 valence electrons. The van der Waals surface area contributed by atoms with Gasteiger partial charge >= 0.3 is 0 Å². The highest BCUT2D eigenvalue weighted by Crippen LogP contribution is 2.18. The first kappa shape index (κ1) is 43.3. The van der Waals surface area contributed by atoms with Crippen LogP contribution in [0.2, 0.25) is 0 Å². The predicted molar refractivity (Wildman–Crippen MR) is 215 cm³/mol. The molecule has 0 aliphatic heterocycles. The van der Waals surface area contributed by atoms with Crippen LogP contribution in [0.3, 0.4) is 0 Å². The number of aliphatic hydroxyl groups excluding tert-OH is 2. The van der Waals surface area contributed by atoms with Gasteiger partial charge in [0, 0.05) is 23.8 Å². The molecule has 0 fully saturated rings. The Morgan fingerprint density at radius 1 is 0.536 bits per heavy atom. The second kappa shape index (κ2) is 22.2. The minimum atomic E-state index is -1.57. The molecular formula is C44H56N6O6. The van der Waals surface area contributed by atoms with Crippen molar-refractivity contribution in [1.29, 1.82) is 0 Å². The number of carbonyl (C=O) groups excluding carboxylic acids is 4. The summed E-state index contributed by atoms with van der Waals surface area (Å²) in [6.45, 7) is 7.55. The highest BCUT2D eigenvalue weighted by molar-refractivity contribution is 5.89. The van der Waals surface area contributed by atoms with Gasteiger partial charge in [0.2, 0.25) is 23.6 Å². The lowest BCUT2D eigenvalue weighted by molar-refractivity contribution is -0.133. The SMILES string of the molecule is CC[C@H](C)[C@H](NC(=O)Cc1ccccn1)C(=O)N[C@@H](Cc1ccccc1)[C@@H](O)[C@H](O)[C@H](Cc1ccccc1)NC(=O)[C@@H](NC(=O)Cc1ccccn1)[C@@H](C)CC. The van der Waals surface area contributed by atoms with E-state index in [9.17, 15) is 29.4 Å². The van der Waals surface area contributed by atoms with Gasteiger partial charge < -0.3 is 31.5 Å². The van der Waals surface area contributed by atoms with Crippen LogP contribution in [0.5, 0.6) is 0 Å². The molecule has 12 heteroatoms. The standard InChI is InChI=1S/C44H56N6O6/c1-5-29(3)39(49-37(51)27-33-21-13-15-23-45-33)43(55)47-35(25-31-17-9-7-10-18-31)41(53)42(54)36(26-32-19-11-8-12-20-32)48-44(56)40(30(4)6-2)50-38(52)28-34-22-14-16-24-46-34/h7-24,29-30,35-36,39-42,53-54H,5-6,25-28H2,1-4H3,(H,47,55)(H,48,56)(H,49,51)(H,50,52)/t29-,30-,35-,36-,39-,40-,41+,42+/m0/s1. The van der Waals surface area contributed by atoms with Crippen LogP contribution in [0.15, 0.2) is 109 Å². The summed E-state index contributed by atoms with van der Waals surface area (Å²) in [6.07, 6.45) is 1.47. The van der Waals surface area contributed by atoms with Crippen molar-refractivity contribution in [2.75, 3.05) is 0 Å². The van der Waals surface area contributed by atoms with Crippen molar-refractivity contribution >= 4 is 23.6 Å². The Bertz CT molecular complexity index is 1670. The van der Waals surface area contributed by atoms with Crippen LogP contribution in [0, 0.1) is 11.8 Å². The molecular weight excluding hydrogens is 709 g/mol. The number of hydrogen-bond donors (Lipinski definition) is 6. The van der Waals surface area contributed by atoms with Crippen molar-refractivity contribution in [2.24, 2.45) is 11.8 Å². The molecule has 0 saturated carbocycles. The smallest absolute Gasteiger partial charge is 0.243 e. The number of aliphatic hydroxyl groups is 2. The third kappa shape index (κ3) is 13.4. The van der Waals surface area contributed by atoms with E-state index in [1.54, 1.807) is 48.8 Å². The molecule has 0 bridgehead atoms. The zero-order valence-electron chi connectivity index (χ0n) is 32.7. The Hall–Kier alpha value is -5.46. The van der Waals surface area contributed by atoms with Crippen LogP contribution < -0.4 is 21.3 Å². The van der Waals surface area contributed by atoms with E-state index < -0.39 is 48.2 Å². The number of benzene rings is 2. The molecule has 0 unspecified atom stereocenters. The summed E-state index contributed by atoms with van der Waals surface area (Å²) in [5.41, 5.74) is 2.70. The molecule has 4 amide bonds. The van der Waals surface area contributed by atoms with Crippen LogP contribution in [-0.2, 0) is 44.9 Å². The Kier molecular flexibility index (Phi) is 17.1. The van der Waals surface area contributed by atoms with Gasteiger partial charge in [0.15, 0.2) is 0 Å². The van der Waals surface area contributed by atoms with E-state index in [0.717, 1.165) is 11.1 Å². The zero-order chi connectivity index (χ0) is 40.5. The third-order valence-corrected chi connectivity index (χ3v) is 10.2. The summed E-state index contributed by atoms with van der Waals surface area (Å²) in [7, 11) is 0. The van der Waals surface area contributed by atoms with Gasteiger partial charge in [-0.1, -0.05) is 113 Å². The van der Waals surface area contributed by atoms with E-state index in [0.29, 0.717) is 24.2 Å². The maximum atomic E-state index is 14.1. The van der Waals surface area contributed by atoms with Crippen LogP contribution in [-0.4, -0.2) is 80.2 Å². The average molecular weight is 765 g/mol.